The number of anilines is 1. The molecule has 2 aromatic carbocycles. The molecule has 0 aliphatic carbocycles. The lowest BCUT2D eigenvalue weighted by atomic mass is 10.2. The molecule has 0 spiro atoms. The van der Waals surface area contributed by atoms with Crippen LogP contribution >= 0.6 is 0 Å². The fourth-order valence-corrected chi connectivity index (χ4v) is 2.76. The number of rotatable bonds is 5. The fraction of sp³-hybridized carbons (Fsp3) is 0.0476. The van der Waals surface area contributed by atoms with E-state index in [2.05, 4.69) is 5.10 Å². The molecule has 128 valence electrons. The van der Waals surface area contributed by atoms with Crippen LogP contribution < -0.4 is 4.90 Å². The van der Waals surface area contributed by atoms with Crippen LogP contribution in [-0.2, 0) is 6.54 Å². The van der Waals surface area contributed by atoms with Crippen LogP contribution in [0, 0.1) is 0 Å². The molecule has 5 nitrogen and oxygen atoms in total. The topological polar surface area (TPSA) is 51.3 Å². The van der Waals surface area contributed by atoms with E-state index in [1.807, 2.05) is 72.8 Å². The predicted octanol–water partition coefficient (Wildman–Crippen LogP) is 4.31. The highest BCUT2D eigenvalue weighted by molar-refractivity contribution is 6.05. The van der Waals surface area contributed by atoms with Crippen LogP contribution in [-0.4, -0.2) is 15.7 Å². The highest BCUT2D eigenvalue weighted by atomic mass is 16.3. The van der Waals surface area contributed by atoms with E-state index in [9.17, 15) is 4.79 Å². The van der Waals surface area contributed by atoms with E-state index in [1.165, 1.54) is 0 Å². The molecule has 0 aliphatic heterocycles. The number of carbonyl (C=O) groups excluding carboxylic acids is 1. The average molecular weight is 343 g/mol. The van der Waals surface area contributed by atoms with E-state index in [0.29, 0.717) is 12.1 Å². The van der Waals surface area contributed by atoms with Crippen molar-refractivity contribution in [3.63, 3.8) is 0 Å². The molecule has 26 heavy (non-hydrogen) atoms. The highest BCUT2D eigenvalue weighted by Crippen LogP contribution is 2.20. The first-order valence-corrected chi connectivity index (χ1v) is 8.31. The van der Waals surface area contributed by atoms with Crippen molar-refractivity contribution < 1.29 is 9.21 Å². The standard InChI is InChI=1S/C21H17N3O2/c25-21(17-14-22-24(15-17)19-10-5-2-6-11-19)23(16-20-12-7-13-26-20)18-8-3-1-4-9-18/h1-15H,16H2. The summed E-state index contributed by atoms with van der Waals surface area (Å²) in [6.07, 6.45) is 4.94. The number of para-hydroxylation sites is 2. The first-order valence-electron chi connectivity index (χ1n) is 8.31. The van der Waals surface area contributed by atoms with Gasteiger partial charge in [0.25, 0.3) is 5.91 Å². The number of benzene rings is 2. The summed E-state index contributed by atoms with van der Waals surface area (Å²) >= 11 is 0. The zero-order valence-electron chi connectivity index (χ0n) is 14.0. The number of carbonyl (C=O) groups is 1. The second-order valence-electron chi connectivity index (χ2n) is 5.82. The SMILES string of the molecule is O=C(c1cnn(-c2ccccc2)c1)N(Cc1ccco1)c1ccccc1. The molecule has 0 radical (unpaired) electrons. The van der Waals surface area contributed by atoms with Gasteiger partial charge in [0.15, 0.2) is 0 Å². The Kier molecular flexibility index (Phi) is 4.35. The first-order chi connectivity index (χ1) is 12.8. The minimum Gasteiger partial charge on any atom is -0.467 e. The molecule has 0 atom stereocenters. The maximum absolute atomic E-state index is 13.1. The summed E-state index contributed by atoms with van der Waals surface area (Å²) in [5.41, 5.74) is 2.23. The van der Waals surface area contributed by atoms with Crippen LogP contribution in [0.25, 0.3) is 5.69 Å². The Balaban J connectivity index is 1.65. The first kappa shape index (κ1) is 15.9. The predicted molar refractivity (Wildman–Crippen MR) is 99.2 cm³/mol. The van der Waals surface area contributed by atoms with Gasteiger partial charge in [0.05, 0.1) is 30.3 Å². The summed E-state index contributed by atoms with van der Waals surface area (Å²) in [5.74, 6) is 0.590. The summed E-state index contributed by atoms with van der Waals surface area (Å²) in [6, 6.07) is 22.9. The van der Waals surface area contributed by atoms with Crippen molar-refractivity contribution in [3.8, 4) is 5.69 Å². The van der Waals surface area contributed by atoms with Crippen molar-refractivity contribution in [2.24, 2.45) is 0 Å². The lowest BCUT2D eigenvalue weighted by Crippen LogP contribution is -2.30. The third kappa shape index (κ3) is 3.28. The Morgan fingerprint density at radius 1 is 0.962 bits per heavy atom. The van der Waals surface area contributed by atoms with Crippen LogP contribution in [0.5, 0.6) is 0 Å². The lowest BCUT2D eigenvalue weighted by Gasteiger charge is -2.21. The molecular weight excluding hydrogens is 326 g/mol. The summed E-state index contributed by atoms with van der Waals surface area (Å²) < 4.78 is 7.13. The molecular formula is C21H17N3O2. The van der Waals surface area contributed by atoms with Gasteiger partial charge in [-0.05, 0) is 36.4 Å². The number of aromatic nitrogens is 2. The van der Waals surface area contributed by atoms with Gasteiger partial charge in [-0.3, -0.25) is 4.79 Å². The monoisotopic (exact) mass is 343 g/mol. The zero-order chi connectivity index (χ0) is 17.8. The normalized spacial score (nSPS) is 10.6. The molecule has 2 aromatic heterocycles. The molecule has 0 aliphatic rings. The maximum Gasteiger partial charge on any atom is 0.261 e. The number of furan rings is 1. The second kappa shape index (κ2) is 7.11. The van der Waals surface area contributed by atoms with Gasteiger partial charge in [-0.25, -0.2) is 4.68 Å². The molecule has 0 unspecified atom stereocenters. The summed E-state index contributed by atoms with van der Waals surface area (Å²) in [5, 5.41) is 4.33. The van der Waals surface area contributed by atoms with Gasteiger partial charge in [-0.15, -0.1) is 0 Å². The molecule has 0 N–H and O–H groups in total. The molecule has 4 rings (SSSR count). The Morgan fingerprint density at radius 2 is 1.69 bits per heavy atom. The minimum absolute atomic E-state index is 0.130. The van der Waals surface area contributed by atoms with E-state index in [-0.39, 0.29) is 5.91 Å². The fourth-order valence-electron chi connectivity index (χ4n) is 2.76. The Labute approximate surface area is 151 Å². The second-order valence-corrected chi connectivity index (χ2v) is 5.82. The Morgan fingerprint density at radius 3 is 2.38 bits per heavy atom. The Bertz CT molecular complexity index is 977. The van der Waals surface area contributed by atoms with Crippen LogP contribution in [0.3, 0.4) is 0 Å². The summed E-state index contributed by atoms with van der Waals surface area (Å²) in [7, 11) is 0. The number of nitrogens with zero attached hydrogens (tertiary/aromatic N) is 3. The van der Waals surface area contributed by atoms with E-state index in [4.69, 9.17) is 4.42 Å². The smallest absolute Gasteiger partial charge is 0.261 e. The van der Waals surface area contributed by atoms with E-state index >= 15 is 0 Å². The van der Waals surface area contributed by atoms with Gasteiger partial charge in [0.1, 0.15) is 5.76 Å². The van der Waals surface area contributed by atoms with Gasteiger partial charge < -0.3 is 9.32 Å². The van der Waals surface area contributed by atoms with Crippen molar-refractivity contribution >= 4 is 11.6 Å². The van der Waals surface area contributed by atoms with Crippen LogP contribution in [0.15, 0.2) is 95.9 Å². The molecule has 4 aromatic rings. The van der Waals surface area contributed by atoms with Gasteiger partial charge >= 0.3 is 0 Å². The quantitative estimate of drug-likeness (QED) is 0.542. The number of hydrogen-bond acceptors (Lipinski definition) is 3. The van der Waals surface area contributed by atoms with Crippen LogP contribution in [0.4, 0.5) is 5.69 Å². The van der Waals surface area contributed by atoms with Gasteiger partial charge in [0, 0.05) is 11.9 Å². The zero-order valence-corrected chi connectivity index (χ0v) is 14.0. The third-order valence-electron chi connectivity index (χ3n) is 4.06. The third-order valence-corrected chi connectivity index (χ3v) is 4.06. The lowest BCUT2D eigenvalue weighted by molar-refractivity contribution is 0.0983. The van der Waals surface area contributed by atoms with Crippen molar-refractivity contribution in [1.82, 2.24) is 9.78 Å². The summed E-state index contributed by atoms with van der Waals surface area (Å²) in [4.78, 5) is 14.8. The molecule has 0 saturated heterocycles. The van der Waals surface area contributed by atoms with Crippen LogP contribution in [0.1, 0.15) is 16.1 Å². The van der Waals surface area contributed by atoms with Crippen LogP contribution in [0.2, 0.25) is 0 Å². The largest absolute Gasteiger partial charge is 0.467 e. The van der Waals surface area contributed by atoms with E-state index in [1.54, 1.807) is 28.2 Å². The molecule has 5 heteroatoms. The van der Waals surface area contributed by atoms with Crippen molar-refractivity contribution in [2.75, 3.05) is 4.90 Å². The molecule has 2 heterocycles. The number of hydrogen-bond donors (Lipinski definition) is 0. The number of amides is 1. The Hall–Kier alpha value is -3.60. The van der Waals surface area contributed by atoms with Crippen molar-refractivity contribution in [3.05, 3.63) is 103 Å². The van der Waals surface area contributed by atoms with Gasteiger partial charge in [-0.1, -0.05) is 36.4 Å². The van der Waals surface area contributed by atoms with E-state index in [0.717, 1.165) is 17.1 Å². The highest BCUT2D eigenvalue weighted by Gasteiger charge is 2.20. The van der Waals surface area contributed by atoms with E-state index < -0.39 is 0 Å². The molecule has 0 bridgehead atoms. The minimum atomic E-state index is -0.130. The average Bonchev–Trinajstić information content (AvgIpc) is 3.39. The van der Waals surface area contributed by atoms with Crippen molar-refractivity contribution in [1.29, 1.82) is 0 Å². The van der Waals surface area contributed by atoms with Crippen molar-refractivity contribution in [2.45, 2.75) is 6.54 Å². The molecule has 1 amide bonds. The van der Waals surface area contributed by atoms with Gasteiger partial charge in [-0.2, -0.15) is 5.10 Å². The van der Waals surface area contributed by atoms with Gasteiger partial charge in [0.2, 0.25) is 0 Å². The molecule has 0 fully saturated rings. The molecule has 0 saturated carbocycles. The summed E-state index contributed by atoms with van der Waals surface area (Å²) in [6.45, 7) is 0.354. The maximum atomic E-state index is 13.1.